The van der Waals surface area contributed by atoms with E-state index in [2.05, 4.69) is 20.6 Å². The molecule has 4 atom stereocenters. The second-order valence-electron chi connectivity index (χ2n) is 18.7. The number of aromatic nitrogens is 4. The zero-order valence-electron chi connectivity index (χ0n) is 36.8. The minimum atomic E-state index is -1.11. The number of carbonyl (C=O) groups is 2. The number of hydrogen-bond donors (Lipinski definition) is 4. The molecule has 12 nitrogen and oxygen atoms in total. The van der Waals surface area contributed by atoms with Gasteiger partial charge in [0.1, 0.15) is 34.1 Å². The number of amides is 2. The number of halogens is 4. The molecule has 62 heavy (non-hydrogen) atoms. The molecule has 1 saturated carbocycles. The van der Waals surface area contributed by atoms with Gasteiger partial charge in [-0.1, -0.05) is 38.1 Å². The van der Waals surface area contributed by atoms with E-state index in [0.29, 0.717) is 93.1 Å². The van der Waals surface area contributed by atoms with E-state index in [1.54, 1.807) is 66.1 Å². The highest BCUT2D eigenvalue weighted by Gasteiger charge is 2.47. The second-order valence-corrected chi connectivity index (χ2v) is 18.7. The van der Waals surface area contributed by atoms with Crippen LogP contribution in [0.25, 0.3) is 0 Å². The van der Waals surface area contributed by atoms with Gasteiger partial charge in [-0.15, -0.1) is 0 Å². The number of nitrogens with one attached hydrogen (secondary N) is 2. The number of ether oxygens (including phenoxy) is 2. The number of nitrogens with zero attached hydrogens (tertiary/aromatic N) is 4. The maximum Gasteiger partial charge on any atom is 0.408 e. The van der Waals surface area contributed by atoms with Crippen molar-refractivity contribution in [1.29, 1.82) is 0 Å². The van der Waals surface area contributed by atoms with E-state index in [9.17, 15) is 37.4 Å². The first-order valence-electron chi connectivity index (χ1n) is 21.5. The summed E-state index contributed by atoms with van der Waals surface area (Å²) in [5.74, 6) is -2.98. The standard InChI is InChI=1S/C24H33F2N3O3.C22H27F2N3O3/c1-6-24(31,7-2)19-13-27-21-18(28-22(30)32-23(3,4)5)12-11-15(14-29(19)21)16-9-8-10-17(25)20(16)26;1-21(2,3)30-20(28)26-16-8-7-13(14-5-4-6-15(23)18(14)24)12-27-17(11-25-19(16)27)22(29)9-10-22/h8-10,13,15,18,31H,6-7,11-12,14H2,1-5H3,(H,28,30);4-6,11,13,16,29H,7-10,12H2,1-3H3,(H,26,28)/t15-,18-;13-,16-/m11/s1. The zero-order valence-corrected chi connectivity index (χ0v) is 36.8. The lowest BCUT2D eigenvalue weighted by Crippen LogP contribution is -2.36. The molecule has 1 fully saturated rings. The maximum atomic E-state index is 14.6. The van der Waals surface area contributed by atoms with Crippen LogP contribution in [0.4, 0.5) is 27.2 Å². The Morgan fingerprint density at radius 2 is 1.16 bits per heavy atom. The fourth-order valence-electron chi connectivity index (χ4n) is 8.42. The molecule has 2 aliphatic heterocycles. The lowest BCUT2D eigenvalue weighted by molar-refractivity contribution is 0.0199. The van der Waals surface area contributed by atoms with Gasteiger partial charge in [0.2, 0.25) is 0 Å². The third-order valence-electron chi connectivity index (χ3n) is 11.9. The summed E-state index contributed by atoms with van der Waals surface area (Å²) in [6.45, 7) is 15.1. The van der Waals surface area contributed by atoms with Crippen LogP contribution in [0.2, 0.25) is 0 Å². The molecule has 1 aliphatic carbocycles. The number of rotatable bonds is 8. The van der Waals surface area contributed by atoms with E-state index in [0.717, 1.165) is 12.1 Å². The van der Waals surface area contributed by atoms with E-state index in [1.807, 2.05) is 23.0 Å². The molecule has 3 aliphatic rings. The van der Waals surface area contributed by atoms with E-state index in [-0.39, 0.29) is 17.4 Å². The van der Waals surface area contributed by atoms with Crippen molar-refractivity contribution in [2.24, 2.45) is 0 Å². The molecule has 0 unspecified atom stereocenters. The van der Waals surface area contributed by atoms with Crippen molar-refractivity contribution < 1.29 is 46.8 Å². The van der Waals surface area contributed by atoms with Gasteiger partial charge in [0, 0.05) is 24.9 Å². The van der Waals surface area contributed by atoms with Gasteiger partial charge in [-0.05, 0) is 116 Å². The number of benzene rings is 2. The summed E-state index contributed by atoms with van der Waals surface area (Å²) in [6.07, 6.45) is 6.26. The molecule has 16 heteroatoms. The van der Waals surface area contributed by atoms with Gasteiger partial charge < -0.3 is 39.5 Å². The van der Waals surface area contributed by atoms with Crippen molar-refractivity contribution in [1.82, 2.24) is 29.7 Å². The van der Waals surface area contributed by atoms with Crippen molar-refractivity contribution >= 4 is 12.2 Å². The molecular weight excluding hydrogens is 809 g/mol. The summed E-state index contributed by atoms with van der Waals surface area (Å²) in [5.41, 5.74) is -1.53. The lowest BCUT2D eigenvalue weighted by atomic mass is 9.91. The fraction of sp³-hybridized carbons (Fsp3) is 0.565. The Morgan fingerprint density at radius 3 is 1.60 bits per heavy atom. The molecule has 2 aromatic carbocycles. The van der Waals surface area contributed by atoms with Crippen molar-refractivity contribution in [3.63, 3.8) is 0 Å². The number of fused-ring (bicyclic) bond motifs is 2. The highest BCUT2D eigenvalue weighted by molar-refractivity contribution is 5.68. The van der Waals surface area contributed by atoms with Crippen LogP contribution in [0.3, 0.4) is 0 Å². The third kappa shape index (κ3) is 10.4. The second kappa shape index (κ2) is 18.0. The molecule has 0 spiro atoms. The first kappa shape index (κ1) is 46.5. The summed E-state index contributed by atoms with van der Waals surface area (Å²) in [5, 5.41) is 27.7. The quantitative estimate of drug-likeness (QED) is 0.128. The first-order valence-corrected chi connectivity index (χ1v) is 21.5. The molecule has 7 rings (SSSR count). The van der Waals surface area contributed by atoms with Crippen LogP contribution >= 0.6 is 0 Å². The molecule has 4 aromatic rings. The molecule has 338 valence electrons. The molecule has 0 saturated heterocycles. The summed E-state index contributed by atoms with van der Waals surface area (Å²) in [4.78, 5) is 33.9. The molecular formula is C46H60F4N6O6. The molecule has 0 bridgehead atoms. The molecule has 2 aromatic heterocycles. The van der Waals surface area contributed by atoms with Crippen LogP contribution in [-0.2, 0) is 33.8 Å². The van der Waals surface area contributed by atoms with Gasteiger partial charge >= 0.3 is 12.2 Å². The van der Waals surface area contributed by atoms with Gasteiger partial charge in [-0.2, -0.15) is 0 Å². The van der Waals surface area contributed by atoms with Crippen LogP contribution < -0.4 is 10.6 Å². The molecule has 2 amide bonds. The first-order chi connectivity index (χ1) is 29.1. The van der Waals surface area contributed by atoms with Gasteiger partial charge in [-0.25, -0.2) is 37.1 Å². The average Bonchev–Trinajstić information content (AvgIpc) is 3.70. The van der Waals surface area contributed by atoms with Crippen molar-refractivity contribution in [3.05, 3.63) is 106 Å². The van der Waals surface area contributed by atoms with Crippen molar-refractivity contribution in [2.75, 3.05) is 0 Å². The van der Waals surface area contributed by atoms with E-state index < -0.39 is 69.9 Å². The van der Waals surface area contributed by atoms with Gasteiger partial charge in [0.05, 0.1) is 35.9 Å². The van der Waals surface area contributed by atoms with Gasteiger partial charge in [0.25, 0.3) is 0 Å². The Labute approximate surface area is 360 Å². The maximum absolute atomic E-state index is 14.6. The van der Waals surface area contributed by atoms with Crippen LogP contribution in [0.15, 0.2) is 48.8 Å². The average molecular weight is 869 g/mol. The number of imidazole rings is 2. The Balaban J connectivity index is 0.000000207. The highest BCUT2D eigenvalue weighted by Crippen LogP contribution is 2.47. The number of alkyl carbamates (subject to hydrolysis) is 2. The Hall–Kier alpha value is -4.96. The van der Waals surface area contributed by atoms with E-state index in [4.69, 9.17) is 9.47 Å². The van der Waals surface area contributed by atoms with Crippen molar-refractivity contribution in [3.8, 4) is 0 Å². The summed E-state index contributed by atoms with van der Waals surface area (Å²) in [7, 11) is 0. The molecule has 4 heterocycles. The SMILES string of the molecule is CC(C)(C)OC(=O)N[C@@H]1CC[C@@H](c2cccc(F)c2F)Cn2c(C3(O)CC3)cnc21.CCC(O)(CC)c1cnc2n1C[C@H](c1cccc(F)c1F)CC[C@H]2NC(=O)OC(C)(C)C. The van der Waals surface area contributed by atoms with Gasteiger partial charge in [-0.3, -0.25) is 0 Å². The molecule has 0 radical (unpaired) electrons. The molecule has 4 N–H and O–H groups in total. The summed E-state index contributed by atoms with van der Waals surface area (Å²) in [6, 6.07) is 7.43. The fourth-order valence-corrected chi connectivity index (χ4v) is 8.42. The van der Waals surface area contributed by atoms with Crippen LogP contribution in [-0.4, -0.2) is 52.7 Å². The van der Waals surface area contributed by atoms with Crippen LogP contribution in [0.5, 0.6) is 0 Å². The minimum absolute atomic E-state index is 0.282. The minimum Gasteiger partial charge on any atom is -0.444 e. The van der Waals surface area contributed by atoms with E-state index in [1.165, 1.54) is 12.1 Å². The monoisotopic (exact) mass is 868 g/mol. The van der Waals surface area contributed by atoms with E-state index >= 15 is 0 Å². The predicted molar refractivity (Wildman–Crippen MR) is 223 cm³/mol. The number of aliphatic hydroxyl groups is 2. The number of hydrogen-bond acceptors (Lipinski definition) is 8. The number of carbonyl (C=O) groups excluding carboxylic acids is 2. The normalized spacial score (nSPS) is 20.9. The Bertz CT molecular complexity index is 2240. The smallest absolute Gasteiger partial charge is 0.408 e. The Morgan fingerprint density at radius 1 is 0.726 bits per heavy atom. The van der Waals surface area contributed by atoms with Gasteiger partial charge in [0.15, 0.2) is 23.3 Å². The summed E-state index contributed by atoms with van der Waals surface area (Å²) < 4.78 is 71.5. The van der Waals surface area contributed by atoms with Crippen LogP contribution in [0, 0.1) is 23.3 Å². The third-order valence-corrected chi connectivity index (χ3v) is 11.9. The lowest BCUT2D eigenvalue weighted by Gasteiger charge is -2.28. The zero-order chi connectivity index (χ0) is 45.4. The summed E-state index contributed by atoms with van der Waals surface area (Å²) >= 11 is 0. The Kier molecular flexibility index (Phi) is 13.5. The highest BCUT2D eigenvalue weighted by atomic mass is 19.2. The van der Waals surface area contributed by atoms with Crippen LogP contribution in [0.1, 0.15) is 165 Å². The topological polar surface area (TPSA) is 153 Å². The van der Waals surface area contributed by atoms with Crippen molar-refractivity contribution in [2.45, 2.75) is 166 Å². The largest absolute Gasteiger partial charge is 0.444 e. The predicted octanol–water partition coefficient (Wildman–Crippen LogP) is 9.60.